The van der Waals surface area contributed by atoms with E-state index in [9.17, 15) is 14.5 Å². The Bertz CT molecular complexity index is 913. The number of hydrogen-bond donors (Lipinski definition) is 0. The van der Waals surface area contributed by atoms with Gasteiger partial charge in [0.15, 0.2) is 11.5 Å². The fraction of sp³-hybridized carbons (Fsp3) is 0.118. The van der Waals surface area contributed by atoms with Gasteiger partial charge in [0.25, 0.3) is 5.69 Å². The van der Waals surface area contributed by atoms with Crippen LogP contribution < -0.4 is 9.47 Å². The molecule has 128 valence electrons. The van der Waals surface area contributed by atoms with Crippen LogP contribution in [0.25, 0.3) is 10.6 Å². The maximum Gasteiger partial charge on any atom is 0.273 e. The second-order valence-corrected chi connectivity index (χ2v) is 5.86. The first-order chi connectivity index (χ1) is 12.1. The largest absolute Gasteiger partial charge is 0.493 e. The molecule has 0 fully saturated rings. The number of thiazole rings is 1. The second-order valence-electron chi connectivity index (χ2n) is 5.00. The van der Waals surface area contributed by atoms with Crippen molar-refractivity contribution in [3.63, 3.8) is 0 Å². The molecule has 0 aliphatic rings. The molecule has 0 aliphatic carbocycles. The normalized spacial score (nSPS) is 10.5. The molecule has 0 spiro atoms. The molecule has 0 saturated carbocycles. The molecule has 0 N–H and O–H groups in total. The molecule has 0 radical (unpaired) electrons. The highest BCUT2D eigenvalue weighted by Crippen LogP contribution is 2.32. The Morgan fingerprint density at radius 3 is 2.76 bits per heavy atom. The van der Waals surface area contributed by atoms with Gasteiger partial charge in [-0.25, -0.2) is 9.37 Å². The van der Waals surface area contributed by atoms with Crippen LogP contribution in [-0.4, -0.2) is 17.0 Å². The maximum absolute atomic E-state index is 13.8. The highest BCUT2D eigenvalue weighted by Gasteiger charge is 2.14. The number of nitro benzene ring substituents is 1. The van der Waals surface area contributed by atoms with E-state index < -0.39 is 4.92 Å². The molecular weight excluding hydrogens is 347 g/mol. The highest BCUT2D eigenvalue weighted by molar-refractivity contribution is 7.13. The summed E-state index contributed by atoms with van der Waals surface area (Å²) in [4.78, 5) is 14.7. The van der Waals surface area contributed by atoms with Gasteiger partial charge in [0.1, 0.15) is 17.4 Å². The van der Waals surface area contributed by atoms with Crippen molar-refractivity contribution in [2.45, 2.75) is 6.61 Å². The number of rotatable bonds is 6. The van der Waals surface area contributed by atoms with E-state index in [1.807, 2.05) is 0 Å². The number of halogens is 1. The van der Waals surface area contributed by atoms with Gasteiger partial charge in [-0.05, 0) is 18.2 Å². The van der Waals surface area contributed by atoms with Crippen molar-refractivity contribution in [2.75, 3.05) is 7.11 Å². The molecule has 0 bridgehead atoms. The first-order valence-corrected chi connectivity index (χ1v) is 8.11. The zero-order valence-corrected chi connectivity index (χ0v) is 14.0. The molecule has 8 heteroatoms. The quantitative estimate of drug-likeness (QED) is 0.480. The van der Waals surface area contributed by atoms with Gasteiger partial charge >= 0.3 is 0 Å². The number of nitro groups is 1. The minimum atomic E-state index is -0.509. The number of ether oxygens (including phenoxy) is 2. The molecule has 0 atom stereocenters. The van der Waals surface area contributed by atoms with Crippen LogP contribution in [0.5, 0.6) is 11.5 Å². The topological polar surface area (TPSA) is 74.5 Å². The van der Waals surface area contributed by atoms with Crippen LogP contribution in [0.4, 0.5) is 10.1 Å². The fourth-order valence-electron chi connectivity index (χ4n) is 2.18. The number of hydrogen-bond acceptors (Lipinski definition) is 6. The first kappa shape index (κ1) is 16.8. The lowest BCUT2D eigenvalue weighted by Crippen LogP contribution is -1.99. The van der Waals surface area contributed by atoms with Crippen molar-refractivity contribution in [3.05, 3.63) is 69.5 Å². The van der Waals surface area contributed by atoms with Crippen molar-refractivity contribution in [2.24, 2.45) is 0 Å². The van der Waals surface area contributed by atoms with Gasteiger partial charge in [-0.3, -0.25) is 10.1 Å². The molecule has 25 heavy (non-hydrogen) atoms. The predicted molar refractivity (Wildman–Crippen MR) is 91.5 cm³/mol. The molecule has 2 aromatic carbocycles. The van der Waals surface area contributed by atoms with E-state index in [0.717, 1.165) is 0 Å². The number of methoxy groups -OCH3 is 1. The van der Waals surface area contributed by atoms with Crippen molar-refractivity contribution in [1.29, 1.82) is 0 Å². The zero-order chi connectivity index (χ0) is 17.8. The molecule has 0 amide bonds. The Kier molecular flexibility index (Phi) is 4.90. The van der Waals surface area contributed by atoms with E-state index in [0.29, 0.717) is 22.0 Å². The number of aromatic nitrogens is 1. The molecule has 0 saturated heterocycles. The Balaban J connectivity index is 1.78. The molecule has 1 heterocycles. The summed E-state index contributed by atoms with van der Waals surface area (Å²) in [6, 6.07) is 10.5. The zero-order valence-electron chi connectivity index (χ0n) is 13.1. The Labute approximate surface area is 146 Å². The van der Waals surface area contributed by atoms with Crippen molar-refractivity contribution < 1.29 is 18.8 Å². The SMILES string of the molecule is COc1ccc([N+](=O)[O-])cc1OCc1csc(-c2ccccc2F)n1. The van der Waals surface area contributed by atoms with Crippen LogP contribution in [0.2, 0.25) is 0 Å². The number of nitrogens with zero attached hydrogens (tertiary/aromatic N) is 2. The van der Waals surface area contributed by atoms with Gasteiger partial charge < -0.3 is 9.47 Å². The monoisotopic (exact) mass is 360 g/mol. The summed E-state index contributed by atoms with van der Waals surface area (Å²) >= 11 is 1.30. The second kappa shape index (κ2) is 7.27. The minimum absolute atomic E-state index is 0.0858. The summed E-state index contributed by atoms with van der Waals surface area (Å²) < 4.78 is 24.6. The summed E-state index contributed by atoms with van der Waals surface area (Å²) in [6.07, 6.45) is 0. The summed E-state index contributed by atoms with van der Waals surface area (Å²) in [5.41, 5.74) is 0.921. The van der Waals surface area contributed by atoms with E-state index in [2.05, 4.69) is 4.98 Å². The maximum atomic E-state index is 13.8. The summed E-state index contributed by atoms with van der Waals surface area (Å²) in [5.74, 6) is 0.289. The van der Waals surface area contributed by atoms with Crippen LogP contribution in [0, 0.1) is 15.9 Å². The van der Waals surface area contributed by atoms with Gasteiger partial charge in [-0.2, -0.15) is 0 Å². The summed E-state index contributed by atoms with van der Waals surface area (Å²) in [5, 5.41) is 13.2. The average Bonchev–Trinajstić information content (AvgIpc) is 3.08. The molecule has 6 nitrogen and oxygen atoms in total. The van der Waals surface area contributed by atoms with Crippen LogP contribution in [-0.2, 0) is 6.61 Å². The van der Waals surface area contributed by atoms with Crippen LogP contribution in [0.1, 0.15) is 5.69 Å². The lowest BCUT2D eigenvalue weighted by Gasteiger charge is -2.09. The summed E-state index contributed by atoms with van der Waals surface area (Å²) in [7, 11) is 1.45. The van der Waals surface area contributed by atoms with Crippen molar-refractivity contribution in [3.8, 4) is 22.1 Å². The van der Waals surface area contributed by atoms with E-state index >= 15 is 0 Å². The first-order valence-electron chi connectivity index (χ1n) is 7.23. The van der Waals surface area contributed by atoms with Crippen LogP contribution in [0.15, 0.2) is 47.8 Å². The predicted octanol–water partition coefficient (Wildman–Crippen LogP) is 4.45. The molecule has 0 aliphatic heterocycles. The average molecular weight is 360 g/mol. The fourth-order valence-corrected chi connectivity index (χ4v) is 3.01. The molecule has 1 aromatic heterocycles. The Hall–Kier alpha value is -3.00. The van der Waals surface area contributed by atoms with E-state index in [1.54, 1.807) is 23.6 Å². The standard InChI is InChI=1S/C17H13FN2O4S/c1-23-15-7-6-12(20(21)22)8-16(15)24-9-11-10-25-17(19-11)13-4-2-3-5-14(13)18/h2-8,10H,9H2,1H3. The summed E-state index contributed by atoms with van der Waals surface area (Å²) in [6.45, 7) is 0.0858. The van der Waals surface area contributed by atoms with Crippen LogP contribution >= 0.6 is 11.3 Å². The smallest absolute Gasteiger partial charge is 0.273 e. The third-order valence-electron chi connectivity index (χ3n) is 3.39. The van der Waals surface area contributed by atoms with Gasteiger partial charge in [0.2, 0.25) is 0 Å². The Morgan fingerprint density at radius 1 is 1.24 bits per heavy atom. The molecular formula is C17H13FN2O4S. The third kappa shape index (κ3) is 3.74. The number of non-ortho nitro benzene ring substituents is 1. The van der Waals surface area contributed by atoms with E-state index in [1.165, 1.54) is 42.7 Å². The number of benzene rings is 2. The molecule has 0 unspecified atom stereocenters. The van der Waals surface area contributed by atoms with Gasteiger partial charge in [-0.15, -0.1) is 11.3 Å². The van der Waals surface area contributed by atoms with E-state index in [4.69, 9.17) is 9.47 Å². The Morgan fingerprint density at radius 2 is 2.04 bits per heavy atom. The van der Waals surface area contributed by atoms with Crippen molar-refractivity contribution in [1.82, 2.24) is 4.98 Å². The third-order valence-corrected chi connectivity index (χ3v) is 4.31. The lowest BCUT2D eigenvalue weighted by atomic mass is 10.2. The van der Waals surface area contributed by atoms with Gasteiger partial charge in [-0.1, -0.05) is 12.1 Å². The van der Waals surface area contributed by atoms with Crippen molar-refractivity contribution >= 4 is 17.0 Å². The van der Waals surface area contributed by atoms with Gasteiger partial charge in [0, 0.05) is 17.0 Å². The molecule has 3 aromatic rings. The van der Waals surface area contributed by atoms with E-state index in [-0.39, 0.29) is 23.9 Å². The highest BCUT2D eigenvalue weighted by atomic mass is 32.1. The molecule has 3 rings (SSSR count). The minimum Gasteiger partial charge on any atom is -0.493 e. The van der Waals surface area contributed by atoms with Gasteiger partial charge in [0.05, 0.1) is 23.8 Å². The van der Waals surface area contributed by atoms with Crippen LogP contribution in [0.3, 0.4) is 0 Å². The lowest BCUT2D eigenvalue weighted by molar-refractivity contribution is -0.385.